The Bertz CT molecular complexity index is 264. The third kappa shape index (κ3) is 1.45. The van der Waals surface area contributed by atoms with Gasteiger partial charge in [-0.2, -0.15) is 0 Å². The summed E-state index contributed by atoms with van der Waals surface area (Å²) in [5.41, 5.74) is -0.0969. The van der Waals surface area contributed by atoms with E-state index < -0.39 is 7.82 Å². The minimum absolute atomic E-state index is 0.000772. The molecular formula is C9H17O4P. The molecule has 82 valence electrons. The lowest BCUT2D eigenvalue weighted by atomic mass is 9.76. The zero-order valence-corrected chi connectivity index (χ0v) is 9.75. The molecule has 3 heterocycles. The van der Waals surface area contributed by atoms with E-state index in [0.29, 0.717) is 19.1 Å². The maximum atomic E-state index is 11.7. The second-order valence-corrected chi connectivity index (χ2v) is 6.10. The topological polar surface area (TPSA) is 44.8 Å². The highest BCUT2D eigenvalue weighted by atomic mass is 31.2. The van der Waals surface area contributed by atoms with Gasteiger partial charge in [0, 0.05) is 5.41 Å². The molecule has 0 aliphatic carbocycles. The Morgan fingerprint density at radius 3 is 2.43 bits per heavy atom. The Morgan fingerprint density at radius 2 is 2.00 bits per heavy atom. The lowest BCUT2D eigenvalue weighted by Crippen LogP contribution is -2.53. The van der Waals surface area contributed by atoms with Gasteiger partial charge in [-0.1, -0.05) is 20.8 Å². The monoisotopic (exact) mass is 220 g/mol. The Balaban J connectivity index is 2.28. The fourth-order valence-electron chi connectivity index (χ4n) is 2.20. The average Bonchev–Trinajstić information content (AvgIpc) is 2.18. The molecule has 2 bridgehead atoms. The predicted octanol–water partition coefficient (Wildman–Crippen LogP) is 2.59. The number of phosphoric ester groups is 1. The van der Waals surface area contributed by atoms with Crippen LogP contribution in [-0.2, 0) is 18.1 Å². The van der Waals surface area contributed by atoms with E-state index in [-0.39, 0.29) is 11.5 Å². The molecule has 3 fully saturated rings. The zero-order valence-electron chi connectivity index (χ0n) is 8.86. The van der Waals surface area contributed by atoms with Crippen LogP contribution in [0, 0.1) is 11.3 Å². The summed E-state index contributed by atoms with van der Waals surface area (Å²) in [7, 11) is -3.19. The van der Waals surface area contributed by atoms with Crippen molar-refractivity contribution in [2.24, 2.45) is 11.3 Å². The number of rotatable bonds is 2. The van der Waals surface area contributed by atoms with Crippen molar-refractivity contribution < 1.29 is 18.1 Å². The van der Waals surface area contributed by atoms with Crippen LogP contribution in [0.5, 0.6) is 0 Å². The molecule has 0 amide bonds. The third-order valence-corrected chi connectivity index (χ3v) is 4.55. The SMILES string of the molecule is CCC12COP(=O)(OC1)OC2C(C)C. The average molecular weight is 220 g/mol. The highest BCUT2D eigenvalue weighted by molar-refractivity contribution is 7.48. The highest BCUT2D eigenvalue weighted by Crippen LogP contribution is 2.64. The van der Waals surface area contributed by atoms with Gasteiger partial charge in [-0.05, 0) is 12.3 Å². The van der Waals surface area contributed by atoms with Crippen molar-refractivity contribution in [1.29, 1.82) is 0 Å². The number of hydrogen-bond acceptors (Lipinski definition) is 4. The van der Waals surface area contributed by atoms with Gasteiger partial charge in [-0.15, -0.1) is 0 Å². The van der Waals surface area contributed by atoms with Gasteiger partial charge in [0.05, 0.1) is 19.3 Å². The quantitative estimate of drug-likeness (QED) is 0.671. The smallest absolute Gasteiger partial charge is 0.286 e. The molecule has 14 heavy (non-hydrogen) atoms. The van der Waals surface area contributed by atoms with Crippen LogP contribution in [0.15, 0.2) is 0 Å². The van der Waals surface area contributed by atoms with Gasteiger partial charge in [-0.25, -0.2) is 4.57 Å². The van der Waals surface area contributed by atoms with Crippen LogP contribution in [-0.4, -0.2) is 19.3 Å². The molecule has 3 aliphatic rings. The zero-order chi connectivity index (χ0) is 10.4. The summed E-state index contributed by atoms with van der Waals surface area (Å²) in [4.78, 5) is 0. The van der Waals surface area contributed by atoms with Crippen molar-refractivity contribution in [3.8, 4) is 0 Å². The van der Waals surface area contributed by atoms with Crippen molar-refractivity contribution in [1.82, 2.24) is 0 Å². The summed E-state index contributed by atoms with van der Waals surface area (Å²) in [6, 6.07) is 0. The second kappa shape index (κ2) is 3.31. The molecule has 3 saturated heterocycles. The Morgan fingerprint density at radius 1 is 1.43 bits per heavy atom. The molecule has 0 aromatic rings. The van der Waals surface area contributed by atoms with Crippen molar-refractivity contribution in [3.05, 3.63) is 0 Å². The van der Waals surface area contributed by atoms with Crippen LogP contribution in [0.4, 0.5) is 0 Å². The van der Waals surface area contributed by atoms with Gasteiger partial charge in [0.25, 0.3) is 0 Å². The Kier molecular flexibility index (Phi) is 2.51. The molecular weight excluding hydrogens is 203 g/mol. The van der Waals surface area contributed by atoms with Gasteiger partial charge < -0.3 is 0 Å². The summed E-state index contributed by atoms with van der Waals surface area (Å²) in [5, 5.41) is 0. The molecule has 1 atom stereocenters. The van der Waals surface area contributed by atoms with E-state index in [9.17, 15) is 4.57 Å². The van der Waals surface area contributed by atoms with E-state index in [1.54, 1.807) is 0 Å². The summed E-state index contributed by atoms with van der Waals surface area (Å²) >= 11 is 0. The van der Waals surface area contributed by atoms with E-state index in [2.05, 4.69) is 20.8 Å². The van der Waals surface area contributed by atoms with E-state index in [4.69, 9.17) is 13.6 Å². The van der Waals surface area contributed by atoms with Crippen LogP contribution in [0.1, 0.15) is 27.2 Å². The van der Waals surface area contributed by atoms with Crippen molar-refractivity contribution in [3.63, 3.8) is 0 Å². The molecule has 5 heteroatoms. The maximum absolute atomic E-state index is 11.7. The number of hydrogen-bond donors (Lipinski definition) is 0. The fourth-order valence-corrected chi connectivity index (χ4v) is 3.98. The summed E-state index contributed by atoms with van der Waals surface area (Å²) < 4.78 is 27.5. The van der Waals surface area contributed by atoms with Gasteiger partial charge in [0.15, 0.2) is 0 Å². The maximum Gasteiger partial charge on any atom is 0.475 e. The Hall–Kier alpha value is 0.110. The van der Waals surface area contributed by atoms with E-state index in [1.807, 2.05) is 0 Å². The molecule has 0 aromatic carbocycles. The molecule has 0 aromatic heterocycles. The summed E-state index contributed by atoms with van der Waals surface area (Å²) in [6.45, 7) is 7.26. The summed E-state index contributed by atoms with van der Waals surface area (Å²) in [6.07, 6.45) is 0.927. The van der Waals surface area contributed by atoms with Crippen LogP contribution in [0.25, 0.3) is 0 Å². The first-order valence-corrected chi connectivity index (χ1v) is 6.55. The van der Waals surface area contributed by atoms with Gasteiger partial charge in [0.1, 0.15) is 0 Å². The van der Waals surface area contributed by atoms with E-state index in [1.165, 1.54) is 0 Å². The molecule has 0 spiro atoms. The van der Waals surface area contributed by atoms with Gasteiger partial charge >= 0.3 is 7.82 Å². The second-order valence-electron chi connectivity index (χ2n) is 4.48. The van der Waals surface area contributed by atoms with Crippen molar-refractivity contribution >= 4 is 7.82 Å². The molecule has 3 aliphatic heterocycles. The first kappa shape index (κ1) is 10.6. The van der Waals surface area contributed by atoms with Crippen molar-refractivity contribution in [2.45, 2.75) is 33.3 Å². The molecule has 0 N–H and O–H groups in total. The van der Waals surface area contributed by atoms with Gasteiger partial charge in [0.2, 0.25) is 0 Å². The standard InChI is InChI=1S/C9H17O4P/c1-4-9-5-11-14(10,12-6-9)13-8(9)7(2)3/h7-8H,4-6H2,1-3H3. The van der Waals surface area contributed by atoms with Crippen molar-refractivity contribution in [2.75, 3.05) is 13.2 Å². The summed E-state index contributed by atoms with van der Waals surface area (Å²) in [5.74, 6) is 0.344. The third-order valence-electron chi connectivity index (χ3n) is 3.18. The number of phosphoric acid groups is 1. The largest absolute Gasteiger partial charge is 0.475 e. The normalized spacial score (nSPS) is 47.3. The molecule has 0 radical (unpaired) electrons. The molecule has 3 rings (SSSR count). The van der Waals surface area contributed by atoms with Crippen LogP contribution < -0.4 is 0 Å². The lowest BCUT2D eigenvalue weighted by Gasteiger charge is -2.50. The fraction of sp³-hybridized carbons (Fsp3) is 1.00. The molecule has 0 saturated carbocycles. The minimum Gasteiger partial charge on any atom is -0.286 e. The molecule has 1 unspecified atom stereocenters. The Labute approximate surface area is 84.5 Å². The van der Waals surface area contributed by atoms with Crippen LogP contribution in [0.3, 0.4) is 0 Å². The van der Waals surface area contributed by atoms with Gasteiger partial charge in [-0.3, -0.25) is 13.6 Å². The number of fused-ring (bicyclic) bond motifs is 3. The van der Waals surface area contributed by atoms with Crippen LogP contribution >= 0.6 is 7.82 Å². The van der Waals surface area contributed by atoms with Crippen LogP contribution in [0.2, 0.25) is 0 Å². The molecule has 4 nitrogen and oxygen atoms in total. The first-order chi connectivity index (χ1) is 6.51. The first-order valence-electron chi connectivity index (χ1n) is 5.09. The minimum atomic E-state index is -3.19. The van der Waals surface area contributed by atoms with E-state index in [0.717, 1.165) is 6.42 Å². The lowest BCUT2D eigenvalue weighted by molar-refractivity contribution is -0.155. The predicted molar refractivity (Wildman–Crippen MR) is 51.9 cm³/mol. The van der Waals surface area contributed by atoms with E-state index >= 15 is 0 Å². The highest BCUT2D eigenvalue weighted by Gasteiger charge is 2.56.